The smallest absolute Gasteiger partial charge is 0.191 e. The molecule has 2 rings (SSSR count). The van der Waals surface area contributed by atoms with Gasteiger partial charge in [0.1, 0.15) is 5.75 Å². The van der Waals surface area contributed by atoms with E-state index in [1.807, 2.05) is 29.8 Å². The first-order chi connectivity index (χ1) is 12.0. The lowest BCUT2D eigenvalue weighted by Crippen LogP contribution is -2.37. The fourth-order valence-electron chi connectivity index (χ4n) is 2.60. The Hall–Kier alpha value is -1.48. The van der Waals surface area contributed by atoms with E-state index in [-0.39, 0.29) is 24.0 Å². The lowest BCUT2D eigenvalue weighted by molar-refractivity contribution is 0.409. The molecular weight excluding hydrogens is 465 g/mol. The predicted octanol–water partition coefficient (Wildman–Crippen LogP) is 3.54. The van der Waals surface area contributed by atoms with E-state index in [2.05, 4.69) is 33.7 Å². The number of rotatable bonds is 7. The number of nitrogens with zero attached hydrogens (tertiary/aromatic N) is 3. The van der Waals surface area contributed by atoms with Gasteiger partial charge in [-0.2, -0.15) is 5.10 Å². The van der Waals surface area contributed by atoms with Crippen molar-refractivity contribution >= 4 is 41.5 Å². The molecule has 0 fully saturated rings. The van der Waals surface area contributed by atoms with Crippen LogP contribution in [-0.2, 0) is 13.1 Å². The third-order valence-corrected chi connectivity index (χ3v) is 4.10. The zero-order valence-electron chi connectivity index (χ0n) is 15.7. The molecule has 0 atom stereocenters. The van der Waals surface area contributed by atoms with E-state index in [4.69, 9.17) is 16.3 Å². The highest BCUT2D eigenvalue weighted by atomic mass is 127. The Bertz CT molecular complexity index is 732. The Morgan fingerprint density at radius 2 is 2.04 bits per heavy atom. The Kier molecular flexibility index (Phi) is 9.79. The van der Waals surface area contributed by atoms with Gasteiger partial charge in [0.15, 0.2) is 5.96 Å². The first-order valence-electron chi connectivity index (χ1n) is 8.31. The predicted molar refractivity (Wildman–Crippen MR) is 118 cm³/mol. The van der Waals surface area contributed by atoms with Gasteiger partial charge in [0.05, 0.1) is 12.8 Å². The summed E-state index contributed by atoms with van der Waals surface area (Å²) in [6, 6.07) is 7.70. The third-order valence-electron chi connectivity index (χ3n) is 3.86. The number of aromatic nitrogens is 2. The molecule has 0 unspecified atom stereocenters. The number of guanidine groups is 1. The van der Waals surface area contributed by atoms with E-state index in [9.17, 15) is 0 Å². The number of methoxy groups -OCH3 is 1. The second kappa shape index (κ2) is 11.3. The van der Waals surface area contributed by atoms with Crippen LogP contribution in [0.4, 0.5) is 0 Å². The Morgan fingerprint density at radius 1 is 1.27 bits per heavy atom. The maximum absolute atomic E-state index is 5.99. The van der Waals surface area contributed by atoms with Gasteiger partial charge >= 0.3 is 0 Å². The van der Waals surface area contributed by atoms with Crippen LogP contribution in [0.1, 0.15) is 23.4 Å². The Balaban J connectivity index is 0.00000338. The van der Waals surface area contributed by atoms with Crippen LogP contribution in [0.5, 0.6) is 5.75 Å². The summed E-state index contributed by atoms with van der Waals surface area (Å²) in [5, 5.41) is 11.7. The molecule has 2 aromatic rings. The molecule has 8 heteroatoms. The standard InChI is InChI=1S/C18H26ClN5O.HI/c1-13-10-14(2)24(23-13)9-5-8-21-18(20-3)22-12-15-6-7-16(19)11-17(15)25-4;/h6-7,10-11H,5,8-9,12H2,1-4H3,(H2,20,21,22);1H. The molecule has 6 nitrogen and oxygen atoms in total. The highest BCUT2D eigenvalue weighted by Gasteiger charge is 2.05. The molecule has 0 spiro atoms. The van der Waals surface area contributed by atoms with E-state index < -0.39 is 0 Å². The number of hydrogen-bond donors (Lipinski definition) is 2. The Morgan fingerprint density at radius 3 is 2.65 bits per heavy atom. The summed E-state index contributed by atoms with van der Waals surface area (Å²) in [7, 11) is 3.40. The van der Waals surface area contributed by atoms with E-state index in [0.717, 1.165) is 42.5 Å². The van der Waals surface area contributed by atoms with Gasteiger partial charge in [-0.15, -0.1) is 24.0 Å². The van der Waals surface area contributed by atoms with Crippen molar-refractivity contribution in [3.05, 3.63) is 46.2 Å². The van der Waals surface area contributed by atoms with E-state index in [1.54, 1.807) is 14.2 Å². The minimum absolute atomic E-state index is 0. The maximum Gasteiger partial charge on any atom is 0.191 e. The molecule has 0 saturated heterocycles. The molecular formula is C18H27ClIN5O. The van der Waals surface area contributed by atoms with Crippen LogP contribution < -0.4 is 15.4 Å². The van der Waals surface area contributed by atoms with E-state index in [0.29, 0.717) is 11.6 Å². The highest BCUT2D eigenvalue weighted by molar-refractivity contribution is 14.0. The quantitative estimate of drug-likeness (QED) is 0.269. The number of aliphatic imine (C=N–C) groups is 1. The molecule has 0 aliphatic carbocycles. The minimum atomic E-state index is 0. The second-order valence-electron chi connectivity index (χ2n) is 5.81. The summed E-state index contributed by atoms with van der Waals surface area (Å²) in [5.41, 5.74) is 3.27. The summed E-state index contributed by atoms with van der Waals surface area (Å²) < 4.78 is 7.39. The summed E-state index contributed by atoms with van der Waals surface area (Å²) in [4.78, 5) is 4.25. The Labute approximate surface area is 177 Å². The lowest BCUT2D eigenvalue weighted by atomic mass is 10.2. The van der Waals surface area contributed by atoms with Gasteiger partial charge < -0.3 is 15.4 Å². The van der Waals surface area contributed by atoms with Gasteiger partial charge in [0, 0.05) is 43.0 Å². The molecule has 0 bridgehead atoms. The van der Waals surface area contributed by atoms with Gasteiger partial charge in [0.25, 0.3) is 0 Å². The van der Waals surface area contributed by atoms with Gasteiger partial charge in [-0.1, -0.05) is 17.7 Å². The molecule has 0 aliphatic rings. The lowest BCUT2D eigenvalue weighted by Gasteiger charge is -2.14. The second-order valence-corrected chi connectivity index (χ2v) is 6.25. The van der Waals surface area contributed by atoms with Crippen LogP contribution in [0.15, 0.2) is 29.3 Å². The molecule has 1 aromatic carbocycles. The molecule has 144 valence electrons. The van der Waals surface area contributed by atoms with Crippen LogP contribution in [0, 0.1) is 13.8 Å². The van der Waals surface area contributed by atoms with Crippen molar-refractivity contribution in [3.63, 3.8) is 0 Å². The van der Waals surface area contributed by atoms with Crippen LogP contribution in [0.2, 0.25) is 5.02 Å². The van der Waals surface area contributed by atoms with Gasteiger partial charge in [-0.25, -0.2) is 0 Å². The summed E-state index contributed by atoms with van der Waals surface area (Å²) in [5.74, 6) is 1.52. The van der Waals surface area contributed by atoms with Crippen LogP contribution in [-0.4, -0.2) is 36.4 Å². The number of halogens is 2. The normalized spacial score (nSPS) is 11.0. The highest BCUT2D eigenvalue weighted by Crippen LogP contribution is 2.22. The minimum Gasteiger partial charge on any atom is -0.496 e. The summed E-state index contributed by atoms with van der Waals surface area (Å²) in [6.07, 6.45) is 0.965. The fourth-order valence-corrected chi connectivity index (χ4v) is 2.76. The van der Waals surface area contributed by atoms with Crippen molar-refractivity contribution < 1.29 is 4.74 Å². The molecule has 0 radical (unpaired) electrons. The molecule has 0 aliphatic heterocycles. The first kappa shape index (κ1) is 22.6. The van der Waals surface area contributed by atoms with Crippen LogP contribution >= 0.6 is 35.6 Å². The number of benzene rings is 1. The van der Waals surface area contributed by atoms with Crippen LogP contribution in [0.3, 0.4) is 0 Å². The van der Waals surface area contributed by atoms with E-state index in [1.165, 1.54) is 5.69 Å². The average Bonchev–Trinajstić information content (AvgIpc) is 2.92. The molecule has 2 N–H and O–H groups in total. The molecule has 26 heavy (non-hydrogen) atoms. The van der Waals surface area contributed by atoms with Crippen LogP contribution in [0.25, 0.3) is 0 Å². The summed E-state index contributed by atoms with van der Waals surface area (Å²) in [6.45, 7) is 6.40. The van der Waals surface area contributed by atoms with Crippen molar-refractivity contribution in [2.45, 2.75) is 33.4 Å². The number of nitrogens with one attached hydrogen (secondary N) is 2. The van der Waals surface area contributed by atoms with Crippen molar-refractivity contribution in [1.82, 2.24) is 20.4 Å². The zero-order chi connectivity index (χ0) is 18.2. The number of ether oxygens (including phenoxy) is 1. The molecule has 0 amide bonds. The maximum atomic E-state index is 5.99. The third kappa shape index (κ3) is 6.68. The van der Waals surface area contributed by atoms with Crippen molar-refractivity contribution in [3.8, 4) is 5.75 Å². The molecule has 1 heterocycles. The number of aryl methyl sites for hydroxylation is 3. The molecule has 0 saturated carbocycles. The fraction of sp³-hybridized carbons (Fsp3) is 0.444. The zero-order valence-corrected chi connectivity index (χ0v) is 18.8. The number of hydrogen-bond acceptors (Lipinski definition) is 3. The van der Waals surface area contributed by atoms with Gasteiger partial charge in [0.2, 0.25) is 0 Å². The topological polar surface area (TPSA) is 63.5 Å². The first-order valence-corrected chi connectivity index (χ1v) is 8.69. The SMILES string of the molecule is CN=C(NCCCn1nc(C)cc1C)NCc1ccc(Cl)cc1OC.I. The van der Waals surface area contributed by atoms with Gasteiger partial charge in [-0.3, -0.25) is 9.67 Å². The van der Waals surface area contributed by atoms with Crippen molar-refractivity contribution in [1.29, 1.82) is 0 Å². The van der Waals surface area contributed by atoms with Gasteiger partial charge in [-0.05, 0) is 38.5 Å². The van der Waals surface area contributed by atoms with E-state index >= 15 is 0 Å². The average molecular weight is 492 g/mol. The van der Waals surface area contributed by atoms with Crippen molar-refractivity contribution in [2.24, 2.45) is 4.99 Å². The monoisotopic (exact) mass is 491 g/mol. The molecule has 1 aromatic heterocycles. The summed E-state index contributed by atoms with van der Waals surface area (Å²) >= 11 is 5.99. The van der Waals surface area contributed by atoms with Crippen molar-refractivity contribution in [2.75, 3.05) is 20.7 Å². The largest absolute Gasteiger partial charge is 0.496 e.